The first-order valence-corrected chi connectivity index (χ1v) is 8.20. The van der Waals surface area contributed by atoms with E-state index in [9.17, 15) is 17.6 Å². The lowest BCUT2D eigenvalue weighted by atomic mass is 10.2. The van der Waals surface area contributed by atoms with Crippen LogP contribution in [0.25, 0.3) is 0 Å². The Kier molecular flexibility index (Phi) is 6.22. The lowest BCUT2D eigenvalue weighted by molar-refractivity contribution is -0.137. The Morgan fingerprint density at radius 1 is 1.30 bits per heavy atom. The second-order valence-electron chi connectivity index (χ2n) is 4.08. The fourth-order valence-corrected chi connectivity index (χ4v) is 2.25. The molecule has 0 bridgehead atoms. The molecule has 0 aromatic heterocycles. The van der Waals surface area contributed by atoms with E-state index in [4.69, 9.17) is 20.5 Å². The highest BCUT2D eigenvalue weighted by Crippen LogP contribution is 2.23. The first kappa shape index (κ1) is 16.7. The van der Waals surface area contributed by atoms with Gasteiger partial charge < -0.3 is 9.84 Å². The summed E-state index contributed by atoms with van der Waals surface area (Å²) in [7, 11) is 1.13. The van der Waals surface area contributed by atoms with Gasteiger partial charge >= 0.3 is 5.97 Å². The van der Waals surface area contributed by atoms with Gasteiger partial charge in [0.25, 0.3) is 9.05 Å². The Balaban J connectivity index is 2.44. The van der Waals surface area contributed by atoms with Crippen LogP contribution in [0.4, 0.5) is 4.39 Å². The number of carboxylic acids is 1. The fourth-order valence-electron chi connectivity index (χ4n) is 1.49. The zero-order chi connectivity index (χ0) is 15.2. The fraction of sp³-hybridized carbons (Fsp3) is 0.417. The van der Waals surface area contributed by atoms with Gasteiger partial charge in [0.15, 0.2) is 11.6 Å². The van der Waals surface area contributed by atoms with Crippen molar-refractivity contribution in [2.45, 2.75) is 30.6 Å². The van der Waals surface area contributed by atoms with Crippen LogP contribution in [0.3, 0.4) is 0 Å². The minimum atomic E-state index is -3.96. The number of carboxylic acid groups (broad SMARTS) is 1. The van der Waals surface area contributed by atoms with Crippen LogP contribution in [0.5, 0.6) is 5.75 Å². The summed E-state index contributed by atoms with van der Waals surface area (Å²) in [4.78, 5) is 9.94. The number of aliphatic carboxylic acids is 1. The van der Waals surface area contributed by atoms with E-state index in [1.807, 2.05) is 0 Å². The summed E-state index contributed by atoms with van der Waals surface area (Å²) in [6.45, 7) is 0.226. The number of halogens is 2. The van der Waals surface area contributed by atoms with Crippen molar-refractivity contribution in [2.75, 3.05) is 6.61 Å². The van der Waals surface area contributed by atoms with Crippen molar-refractivity contribution in [3.05, 3.63) is 24.0 Å². The van der Waals surface area contributed by atoms with Gasteiger partial charge in [-0.15, -0.1) is 0 Å². The molecule has 0 aliphatic rings. The Hall–Kier alpha value is -1.34. The third-order valence-electron chi connectivity index (χ3n) is 2.48. The highest BCUT2D eigenvalue weighted by Gasteiger charge is 2.13. The molecule has 0 aliphatic carbocycles. The monoisotopic (exact) mass is 324 g/mol. The lowest BCUT2D eigenvalue weighted by Crippen LogP contribution is -2.01. The van der Waals surface area contributed by atoms with Crippen molar-refractivity contribution >= 4 is 25.7 Å². The maximum atomic E-state index is 13.5. The van der Waals surface area contributed by atoms with E-state index in [0.717, 1.165) is 12.1 Å². The zero-order valence-electron chi connectivity index (χ0n) is 10.5. The predicted molar refractivity (Wildman–Crippen MR) is 71.0 cm³/mol. The van der Waals surface area contributed by atoms with Crippen LogP contribution in [-0.2, 0) is 13.8 Å². The molecule has 0 heterocycles. The molecule has 0 unspecified atom stereocenters. The Morgan fingerprint density at radius 2 is 2.00 bits per heavy atom. The summed E-state index contributed by atoms with van der Waals surface area (Å²) in [5.41, 5.74) is 0. The summed E-state index contributed by atoms with van der Waals surface area (Å²) >= 11 is 0. The molecule has 0 atom stereocenters. The third-order valence-corrected chi connectivity index (χ3v) is 3.83. The quantitative estimate of drug-likeness (QED) is 0.587. The molecule has 0 saturated heterocycles. The maximum Gasteiger partial charge on any atom is 0.303 e. The number of hydrogen-bond donors (Lipinski definition) is 1. The van der Waals surface area contributed by atoms with E-state index in [1.54, 1.807) is 0 Å². The highest BCUT2D eigenvalue weighted by molar-refractivity contribution is 8.13. The van der Waals surface area contributed by atoms with Gasteiger partial charge in [0, 0.05) is 17.1 Å². The molecule has 5 nitrogen and oxygen atoms in total. The van der Waals surface area contributed by atoms with Gasteiger partial charge in [0.1, 0.15) is 0 Å². The maximum absolute atomic E-state index is 13.5. The first-order valence-electron chi connectivity index (χ1n) is 5.89. The van der Waals surface area contributed by atoms with E-state index in [-0.39, 0.29) is 23.7 Å². The normalized spacial score (nSPS) is 11.3. The number of ether oxygens (including phenoxy) is 1. The molecule has 0 radical (unpaired) electrons. The number of rotatable bonds is 8. The molecule has 112 valence electrons. The van der Waals surface area contributed by atoms with Crippen LogP contribution >= 0.6 is 10.7 Å². The average molecular weight is 325 g/mol. The first-order chi connectivity index (χ1) is 9.30. The van der Waals surface area contributed by atoms with Crippen molar-refractivity contribution < 1.29 is 27.4 Å². The predicted octanol–water partition coefficient (Wildman–Crippen LogP) is 2.78. The van der Waals surface area contributed by atoms with Gasteiger partial charge in [0.2, 0.25) is 0 Å². The van der Waals surface area contributed by atoms with Crippen molar-refractivity contribution in [1.29, 1.82) is 0 Å². The average Bonchev–Trinajstić information content (AvgIpc) is 2.33. The molecule has 0 fully saturated rings. The van der Waals surface area contributed by atoms with Crippen LogP contribution in [0, 0.1) is 5.82 Å². The minimum absolute atomic E-state index is 0.0627. The van der Waals surface area contributed by atoms with E-state index >= 15 is 0 Å². The lowest BCUT2D eigenvalue weighted by Gasteiger charge is -2.07. The van der Waals surface area contributed by atoms with Gasteiger partial charge in [-0.05, 0) is 37.5 Å². The summed E-state index contributed by atoms with van der Waals surface area (Å²) in [6.07, 6.45) is 1.87. The second-order valence-corrected chi connectivity index (χ2v) is 6.65. The standard InChI is InChI=1S/C12H14ClFO5S/c13-20(17,18)9-5-6-11(10(14)8-9)19-7-3-1-2-4-12(15)16/h5-6,8H,1-4,7H2,(H,15,16). The van der Waals surface area contributed by atoms with Gasteiger partial charge in [0.05, 0.1) is 11.5 Å². The van der Waals surface area contributed by atoms with Crippen LogP contribution in [0.2, 0.25) is 0 Å². The SMILES string of the molecule is O=C(O)CCCCCOc1ccc(S(=O)(=O)Cl)cc1F. The van der Waals surface area contributed by atoms with Crippen LogP contribution in [0.15, 0.2) is 23.1 Å². The Bertz CT molecular complexity index is 573. The molecule has 0 aliphatic heterocycles. The molecular formula is C12H14ClFO5S. The highest BCUT2D eigenvalue weighted by atomic mass is 35.7. The van der Waals surface area contributed by atoms with E-state index in [0.29, 0.717) is 19.3 Å². The van der Waals surface area contributed by atoms with Crippen molar-refractivity contribution in [3.8, 4) is 5.75 Å². The van der Waals surface area contributed by atoms with Crippen molar-refractivity contribution in [1.82, 2.24) is 0 Å². The molecule has 1 aromatic carbocycles. The minimum Gasteiger partial charge on any atom is -0.491 e. The second kappa shape index (κ2) is 7.44. The van der Waals surface area contributed by atoms with Gasteiger partial charge in [-0.2, -0.15) is 0 Å². The Labute approximate surface area is 120 Å². The van der Waals surface area contributed by atoms with Crippen molar-refractivity contribution in [3.63, 3.8) is 0 Å². The Morgan fingerprint density at radius 3 is 2.55 bits per heavy atom. The molecule has 20 heavy (non-hydrogen) atoms. The number of unbranched alkanes of at least 4 members (excludes halogenated alkanes) is 2. The van der Waals surface area contributed by atoms with Crippen LogP contribution < -0.4 is 4.74 Å². The van der Waals surface area contributed by atoms with Crippen LogP contribution in [-0.4, -0.2) is 26.1 Å². The van der Waals surface area contributed by atoms with Gasteiger partial charge in [-0.3, -0.25) is 4.79 Å². The summed E-state index contributed by atoms with van der Waals surface area (Å²) < 4.78 is 40.7. The molecule has 0 spiro atoms. The summed E-state index contributed by atoms with van der Waals surface area (Å²) in [6, 6.07) is 3.15. The summed E-state index contributed by atoms with van der Waals surface area (Å²) in [5, 5.41) is 8.44. The van der Waals surface area contributed by atoms with Crippen molar-refractivity contribution in [2.24, 2.45) is 0 Å². The summed E-state index contributed by atoms with van der Waals surface area (Å²) in [5.74, 6) is -1.72. The number of hydrogen-bond acceptors (Lipinski definition) is 4. The van der Waals surface area contributed by atoms with Crippen LogP contribution in [0.1, 0.15) is 25.7 Å². The van der Waals surface area contributed by atoms with Gasteiger partial charge in [-0.1, -0.05) is 0 Å². The van der Waals surface area contributed by atoms with E-state index in [1.165, 1.54) is 6.07 Å². The molecule has 8 heteroatoms. The largest absolute Gasteiger partial charge is 0.491 e. The topological polar surface area (TPSA) is 80.7 Å². The van der Waals surface area contributed by atoms with Gasteiger partial charge in [-0.25, -0.2) is 12.8 Å². The zero-order valence-corrected chi connectivity index (χ0v) is 12.1. The van der Waals surface area contributed by atoms with E-state index < -0.39 is 20.8 Å². The number of carbonyl (C=O) groups is 1. The molecule has 0 amide bonds. The van der Waals surface area contributed by atoms with E-state index in [2.05, 4.69) is 0 Å². The number of benzene rings is 1. The third kappa shape index (κ3) is 5.75. The molecule has 1 rings (SSSR count). The molecule has 1 aromatic rings. The molecular weight excluding hydrogens is 311 g/mol. The smallest absolute Gasteiger partial charge is 0.303 e. The molecule has 1 N–H and O–H groups in total. The molecule has 0 saturated carbocycles.